The van der Waals surface area contributed by atoms with Crippen LogP contribution in [0.2, 0.25) is 0 Å². The van der Waals surface area contributed by atoms with Crippen LogP contribution in [0.1, 0.15) is 16.1 Å². The predicted octanol–water partition coefficient (Wildman–Crippen LogP) is 3.85. The highest BCUT2D eigenvalue weighted by Crippen LogP contribution is 2.28. The van der Waals surface area contributed by atoms with Crippen molar-refractivity contribution in [3.8, 4) is 28.2 Å². The Morgan fingerprint density at radius 2 is 1.55 bits per heavy atom. The molecule has 11 heteroatoms. The van der Waals surface area contributed by atoms with Crippen molar-refractivity contribution in [3.63, 3.8) is 0 Å². The van der Waals surface area contributed by atoms with Crippen LogP contribution in [0.15, 0.2) is 94.7 Å². The van der Waals surface area contributed by atoms with Crippen molar-refractivity contribution in [2.75, 3.05) is 17.3 Å². The van der Waals surface area contributed by atoms with Crippen LogP contribution < -0.4 is 16.6 Å². The smallest absolute Gasteiger partial charge is 0.284 e. The van der Waals surface area contributed by atoms with Gasteiger partial charge in [-0.05, 0) is 43.3 Å². The molecule has 0 spiro atoms. The van der Waals surface area contributed by atoms with Crippen molar-refractivity contribution in [1.82, 2.24) is 19.3 Å². The Kier molecular flexibility index (Phi) is 6.82. The maximum atomic E-state index is 13.2. The molecule has 0 atom stereocenters. The normalized spacial score (nSPS) is 11.4. The lowest BCUT2D eigenvalue weighted by molar-refractivity contribution is 0.102. The molecule has 5 aromatic rings. The fourth-order valence-electron chi connectivity index (χ4n) is 4.36. The van der Waals surface area contributed by atoms with Crippen LogP contribution in [0.25, 0.3) is 28.2 Å². The molecule has 0 aliphatic heterocycles. The lowest BCUT2D eigenvalue weighted by Crippen LogP contribution is -2.25. The van der Waals surface area contributed by atoms with Gasteiger partial charge in [0.2, 0.25) is 0 Å². The topological polar surface area (TPSA) is 142 Å². The molecule has 0 aliphatic carbocycles. The summed E-state index contributed by atoms with van der Waals surface area (Å²) in [5, 5.41) is 2.80. The number of aromatic nitrogens is 4. The number of nitrogens with one attached hydrogen (secondary N) is 1. The van der Waals surface area contributed by atoms with Crippen molar-refractivity contribution in [3.05, 3.63) is 107 Å². The number of nitrogen functional groups attached to an aromatic ring is 1. The molecule has 2 aromatic heterocycles. The first-order chi connectivity index (χ1) is 19.0. The van der Waals surface area contributed by atoms with E-state index in [1.165, 1.54) is 23.0 Å². The number of para-hydroxylation sites is 1. The molecule has 40 heavy (non-hydrogen) atoms. The molecule has 10 nitrogen and oxygen atoms in total. The van der Waals surface area contributed by atoms with Crippen LogP contribution in [0.3, 0.4) is 0 Å². The molecule has 0 unspecified atom stereocenters. The molecule has 3 aromatic carbocycles. The van der Waals surface area contributed by atoms with E-state index < -0.39 is 21.3 Å². The Morgan fingerprint density at radius 3 is 2.17 bits per heavy atom. The lowest BCUT2D eigenvalue weighted by atomic mass is 10.1. The number of hydrogen-bond acceptors (Lipinski definition) is 7. The third-order valence-corrected chi connectivity index (χ3v) is 7.70. The van der Waals surface area contributed by atoms with E-state index in [9.17, 15) is 18.0 Å². The molecule has 0 radical (unpaired) electrons. The van der Waals surface area contributed by atoms with Crippen molar-refractivity contribution in [2.24, 2.45) is 7.05 Å². The quantitative estimate of drug-likeness (QED) is 0.325. The van der Waals surface area contributed by atoms with E-state index in [0.29, 0.717) is 39.6 Å². The molecule has 5 rings (SSSR count). The number of rotatable bonds is 6. The van der Waals surface area contributed by atoms with Gasteiger partial charge < -0.3 is 11.1 Å². The monoisotopic (exact) mass is 554 g/mol. The average Bonchev–Trinajstić information content (AvgIpc) is 3.17. The van der Waals surface area contributed by atoms with Crippen molar-refractivity contribution in [1.29, 1.82) is 0 Å². The van der Waals surface area contributed by atoms with Gasteiger partial charge in [-0.2, -0.15) is 0 Å². The van der Waals surface area contributed by atoms with Crippen LogP contribution >= 0.6 is 0 Å². The van der Waals surface area contributed by atoms with E-state index in [1.54, 1.807) is 67.2 Å². The zero-order chi connectivity index (χ0) is 28.6. The number of nitrogens with zero attached hydrogens (tertiary/aromatic N) is 4. The maximum absolute atomic E-state index is 13.2. The second-order valence-corrected chi connectivity index (χ2v) is 11.3. The number of amides is 1. The Morgan fingerprint density at radius 1 is 0.925 bits per heavy atom. The van der Waals surface area contributed by atoms with Crippen molar-refractivity contribution >= 4 is 27.2 Å². The molecule has 0 bridgehead atoms. The molecular weight excluding hydrogens is 528 g/mol. The van der Waals surface area contributed by atoms with Crippen LogP contribution in [-0.2, 0) is 16.9 Å². The standard InChI is InChI=1S/C29H26N6O4S/c1-18-25(29(37)35(34(18)2)22-7-5-4-6-8-22)28(36)32-21-13-9-20(10-14-21)26-27(30)31-17-24(33-26)19-11-15-23(16-12-19)40(3,38)39/h4-17H,1-3H3,(H2,30,31)(H,32,36). The van der Waals surface area contributed by atoms with Crippen molar-refractivity contribution < 1.29 is 13.2 Å². The Bertz CT molecular complexity index is 1890. The lowest BCUT2D eigenvalue weighted by Gasteiger charge is -2.09. The summed E-state index contributed by atoms with van der Waals surface area (Å²) in [5.74, 6) is -0.297. The summed E-state index contributed by atoms with van der Waals surface area (Å²) in [5.41, 5.74) is 9.75. The van der Waals surface area contributed by atoms with Gasteiger partial charge in [0.1, 0.15) is 17.1 Å². The molecule has 1 amide bonds. The summed E-state index contributed by atoms with van der Waals surface area (Å²) in [4.78, 5) is 35.4. The van der Waals surface area contributed by atoms with Gasteiger partial charge in [0.05, 0.1) is 28.2 Å². The van der Waals surface area contributed by atoms with Crippen LogP contribution in [0, 0.1) is 6.92 Å². The van der Waals surface area contributed by atoms with Gasteiger partial charge in [-0.15, -0.1) is 0 Å². The molecule has 202 valence electrons. The number of nitrogens with two attached hydrogens (primary N) is 1. The summed E-state index contributed by atoms with van der Waals surface area (Å²) in [7, 11) is -1.58. The van der Waals surface area contributed by atoms with Crippen molar-refractivity contribution in [2.45, 2.75) is 11.8 Å². The summed E-state index contributed by atoms with van der Waals surface area (Å²) in [6, 6.07) is 22.3. The number of sulfone groups is 1. The first-order valence-electron chi connectivity index (χ1n) is 12.2. The molecule has 0 saturated carbocycles. The van der Waals surface area contributed by atoms with E-state index in [2.05, 4.69) is 15.3 Å². The summed E-state index contributed by atoms with van der Waals surface area (Å²) < 4.78 is 26.6. The van der Waals surface area contributed by atoms with Crippen LogP contribution in [0.4, 0.5) is 11.5 Å². The summed E-state index contributed by atoms with van der Waals surface area (Å²) >= 11 is 0. The summed E-state index contributed by atoms with van der Waals surface area (Å²) in [6.45, 7) is 1.72. The Hall–Kier alpha value is -5.03. The van der Waals surface area contributed by atoms with Gasteiger partial charge in [-0.3, -0.25) is 14.3 Å². The molecule has 3 N–H and O–H groups in total. The fraction of sp³-hybridized carbons (Fsp3) is 0.103. The highest BCUT2D eigenvalue weighted by Gasteiger charge is 2.22. The van der Waals surface area contributed by atoms with E-state index in [0.717, 1.165) is 6.26 Å². The zero-order valence-corrected chi connectivity index (χ0v) is 22.8. The number of carbonyl (C=O) groups excluding carboxylic acids is 1. The minimum absolute atomic E-state index is 0.0557. The average molecular weight is 555 g/mol. The van der Waals surface area contributed by atoms with Crippen LogP contribution in [-0.4, -0.2) is 39.9 Å². The largest absolute Gasteiger partial charge is 0.382 e. The third kappa shape index (κ3) is 5.02. The SMILES string of the molecule is Cc1c(C(=O)Nc2ccc(-c3nc(-c4ccc(S(C)(=O)=O)cc4)cnc3N)cc2)c(=O)n(-c2ccccc2)n1C. The van der Waals surface area contributed by atoms with Gasteiger partial charge in [0, 0.05) is 30.1 Å². The van der Waals surface area contributed by atoms with E-state index in [1.807, 2.05) is 18.2 Å². The molecule has 0 aliphatic rings. The van der Waals surface area contributed by atoms with Gasteiger partial charge in [0.25, 0.3) is 11.5 Å². The molecule has 2 heterocycles. The van der Waals surface area contributed by atoms with E-state index in [-0.39, 0.29) is 16.3 Å². The van der Waals surface area contributed by atoms with E-state index >= 15 is 0 Å². The highest BCUT2D eigenvalue weighted by molar-refractivity contribution is 7.90. The van der Waals surface area contributed by atoms with Gasteiger partial charge >= 0.3 is 0 Å². The Labute approximate surface area is 230 Å². The first-order valence-corrected chi connectivity index (χ1v) is 14.1. The van der Waals surface area contributed by atoms with Gasteiger partial charge in [-0.1, -0.05) is 42.5 Å². The van der Waals surface area contributed by atoms with Gasteiger partial charge in [-0.25, -0.2) is 23.1 Å². The second-order valence-electron chi connectivity index (χ2n) is 9.25. The summed E-state index contributed by atoms with van der Waals surface area (Å²) in [6.07, 6.45) is 2.67. The number of hydrogen-bond donors (Lipinski definition) is 2. The fourth-order valence-corrected chi connectivity index (χ4v) is 4.99. The Balaban J connectivity index is 1.39. The molecule has 0 fully saturated rings. The van der Waals surface area contributed by atoms with Gasteiger partial charge in [0.15, 0.2) is 9.84 Å². The molecular formula is C29H26N6O4S. The second kappa shape index (κ2) is 10.3. The molecule has 0 saturated heterocycles. The number of carbonyl (C=O) groups is 1. The van der Waals surface area contributed by atoms with Crippen LogP contribution in [0.5, 0.6) is 0 Å². The minimum atomic E-state index is -3.31. The van der Waals surface area contributed by atoms with E-state index in [4.69, 9.17) is 5.73 Å². The highest BCUT2D eigenvalue weighted by atomic mass is 32.2. The minimum Gasteiger partial charge on any atom is -0.382 e. The third-order valence-electron chi connectivity index (χ3n) is 6.58. The number of anilines is 2. The first kappa shape index (κ1) is 26.6. The number of benzene rings is 3. The predicted molar refractivity (Wildman–Crippen MR) is 154 cm³/mol. The maximum Gasteiger partial charge on any atom is 0.284 e. The zero-order valence-electron chi connectivity index (χ0n) is 22.0.